The molecule has 1 aromatic rings. The zero-order chi connectivity index (χ0) is 11.4. The molecular formula is C9H12N2O3S. The summed E-state index contributed by atoms with van der Waals surface area (Å²) in [6.07, 6.45) is 0. The molecule has 0 aromatic carbocycles. The van der Waals surface area contributed by atoms with E-state index in [-0.39, 0.29) is 5.91 Å². The van der Waals surface area contributed by atoms with E-state index in [1.165, 1.54) is 14.0 Å². The summed E-state index contributed by atoms with van der Waals surface area (Å²) in [5.41, 5.74) is 0.449. The zero-order valence-corrected chi connectivity index (χ0v) is 9.55. The Kier molecular flexibility index (Phi) is 3.79. The van der Waals surface area contributed by atoms with Gasteiger partial charge in [0.15, 0.2) is 0 Å². The first kappa shape index (κ1) is 11.6. The van der Waals surface area contributed by atoms with Gasteiger partial charge in [0.05, 0.1) is 12.1 Å². The summed E-state index contributed by atoms with van der Waals surface area (Å²) in [6.45, 7) is 1.43. The summed E-state index contributed by atoms with van der Waals surface area (Å²) in [5.74, 6) is -0.534. The van der Waals surface area contributed by atoms with Gasteiger partial charge in [0.1, 0.15) is 5.69 Å². The minimum Gasteiger partial charge on any atom is -0.464 e. The van der Waals surface area contributed by atoms with Crippen LogP contribution in [0.4, 0.5) is 0 Å². The van der Waals surface area contributed by atoms with Gasteiger partial charge in [-0.2, -0.15) is 0 Å². The van der Waals surface area contributed by atoms with E-state index in [9.17, 15) is 9.59 Å². The minimum absolute atomic E-state index is 0.138. The van der Waals surface area contributed by atoms with Crippen LogP contribution in [0.1, 0.15) is 17.4 Å². The number of hydrogen-bond acceptors (Lipinski definition) is 4. The third kappa shape index (κ3) is 2.76. The molecule has 0 aliphatic carbocycles. The normalized spacial score (nSPS) is 9.80. The number of nitrogens with one attached hydrogen (secondary N) is 1. The predicted molar refractivity (Wildman–Crippen MR) is 56.4 cm³/mol. The van der Waals surface area contributed by atoms with Crippen LogP contribution in [0.5, 0.6) is 0 Å². The molecule has 0 radical (unpaired) electrons. The Morgan fingerprint density at radius 2 is 2.13 bits per heavy atom. The maximum absolute atomic E-state index is 11.2. The van der Waals surface area contributed by atoms with Crippen molar-refractivity contribution in [3.8, 4) is 0 Å². The van der Waals surface area contributed by atoms with Crippen molar-refractivity contribution < 1.29 is 14.3 Å². The van der Waals surface area contributed by atoms with Crippen LogP contribution in [-0.2, 0) is 16.6 Å². The number of carbonyl (C=O) groups is 2. The highest BCUT2D eigenvalue weighted by atomic mass is 32.2. The number of hydrogen-bond donors (Lipinski definition) is 1. The van der Waals surface area contributed by atoms with Crippen molar-refractivity contribution in [3.05, 3.63) is 17.8 Å². The van der Waals surface area contributed by atoms with Gasteiger partial charge in [-0.3, -0.25) is 9.52 Å². The third-order valence-electron chi connectivity index (χ3n) is 1.77. The number of methoxy groups -OCH3 is 1. The summed E-state index contributed by atoms with van der Waals surface area (Å²) in [7, 11) is 3.06. The van der Waals surface area contributed by atoms with Crippen LogP contribution in [0.2, 0.25) is 0 Å². The maximum atomic E-state index is 11.2. The maximum Gasteiger partial charge on any atom is 0.354 e. The lowest BCUT2D eigenvalue weighted by Crippen LogP contribution is -2.12. The van der Waals surface area contributed by atoms with Crippen molar-refractivity contribution in [1.29, 1.82) is 0 Å². The first-order valence-corrected chi connectivity index (χ1v) is 5.05. The molecule has 1 N–H and O–H groups in total. The number of nitrogens with zero attached hydrogens (tertiary/aromatic N) is 1. The molecule has 0 atom stereocenters. The molecule has 15 heavy (non-hydrogen) atoms. The molecule has 5 nitrogen and oxygen atoms in total. The fraction of sp³-hybridized carbons (Fsp3) is 0.333. The average Bonchev–Trinajstić information content (AvgIpc) is 2.56. The molecule has 1 amide bonds. The molecule has 6 heteroatoms. The fourth-order valence-corrected chi connectivity index (χ4v) is 1.65. The highest BCUT2D eigenvalue weighted by Crippen LogP contribution is 2.17. The summed E-state index contributed by atoms with van der Waals surface area (Å²) in [5, 5.41) is 0.769. The van der Waals surface area contributed by atoms with Gasteiger partial charge in [-0.25, -0.2) is 4.79 Å². The molecule has 1 aromatic heterocycles. The van der Waals surface area contributed by atoms with Gasteiger partial charge < -0.3 is 9.30 Å². The van der Waals surface area contributed by atoms with Crippen molar-refractivity contribution in [1.82, 2.24) is 9.29 Å². The fourth-order valence-electron chi connectivity index (χ4n) is 1.03. The number of aromatic nitrogens is 1. The standard InChI is InChI=1S/C9H12N2O3S/c1-6(12)10-15-8-5-4-7(11(8)2)9(13)14-3/h4-5H,1-3H3,(H,10,12). The number of carbonyl (C=O) groups excluding carboxylic acids is 2. The van der Waals surface area contributed by atoms with Crippen molar-refractivity contribution >= 4 is 23.8 Å². The lowest BCUT2D eigenvalue weighted by molar-refractivity contribution is -0.117. The number of esters is 1. The lowest BCUT2D eigenvalue weighted by atomic mass is 10.4. The monoisotopic (exact) mass is 228 g/mol. The Morgan fingerprint density at radius 1 is 1.47 bits per heavy atom. The van der Waals surface area contributed by atoms with Gasteiger partial charge in [-0.1, -0.05) is 0 Å². The van der Waals surface area contributed by atoms with Crippen LogP contribution < -0.4 is 4.72 Å². The quantitative estimate of drug-likeness (QED) is 0.618. The Hall–Kier alpha value is -1.43. The highest BCUT2D eigenvalue weighted by Gasteiger charge is 2.12. The topological polar surface area (TPSA) is 60.3 Å². The van der Waals surface area contributed by atoms with Gasteiger partial charge in [-0.15, -0.1) is 0 Å². The van der Waals surface area contributed by atoms with Crippen LogP contribution in [0.3, 0.4) is 0 Å². The largest absolute Gasteiger partial charge is 0.464 e. The van der Waals surface area contributed by atoms with E-state index in [0.717, 1.165) is 17.0 Å². The molecule has 82 valence electrons. The van der Waals surface area contributed by atoms with E-state index < -0.39 is 5.97 Å². The van der Waals surface area contributed by atoms with Crippen LogP contribution in [0.15, 0.2) is 17.2 Å². The van der Waals surface area contributed by atoms with Crippen LogP contribution in [-0.4, -0.2) is 23.6 Å². The van der Waals surface area contributed by atoms with Crippen LogP contribution in [0, 0.1) is 0 Å². The zero-order valence-electron chi connectivity index (χ0n) is 8.73. The van der Waals surface area contributed by atoms with Gasteiger partial charge in [0.25, 0.3) is 0 Å². The summed E-state index contributed by atoms with van der Waals surface area (Å²) >= 11 is 1.16. The first-order chi connectivity index (χ1) is 7.06. The van der Waals surface area contributed by atoms with Crippen molar-refractivity contribution in [2.24, 2.45) is 7.05 Å². The van der Waals surface area contributed by atoms with E-state index in [2.05, 4.69) is 9.46 Å². The van der Waals surface area contributed by atoms with Gasteiger partial charge in [0, 0.05) is 25.9 Å². The van der Waals surface area contributed by atoms with Crippen molar-refractivity contribution in [2.45, 2.75) is 11.9 Å². The lowest BCUT2D eigenvalue weighted by Gasteiger charge is -2.05. The van der Waals surface area contributed by atoms with Crippen molar-refractivity contribution in [3.63, 3.8) is 0 Å². The smallest absolute Gasteiger partial charge is 0.354 e. The van der Waals surface area contributed by atoms with Gasteiger partial charge in [0.2, 0.25) is 5.91 Å². The molecule has 0 aliphatic heterocycles. The first-order valence-electron chi connectivity index (χ1n) is 4.23. The Balaban J connectivity index is 2.80. The molecule has 0 aliphatic rings. The third-order valence-corrected chi connectivity index (χ3v) is 2.78. The predicted octanol–water partition coefficient (Wildman–Crippen LogP) is 0.955. The van der Waals surface area contributed by atoms with E-state index in [4.69, 9.17) is 0 Å². The Bertz CT molecular complexity index is 387. The molecule has 0 bridgehead atoms. The second-order valence-corrected chi connectivity index (χ2v) is 3.69. The number of rotatable bonds is 3. The summed E-state index contributed by atoms with van der Waals surface area (Å²) < 4.78 is 8.84. The summed E-state index contributed by atoms with van der Waals surface area (Å²) in [6, 6.07) is 3.39. The van der Waals surface area contributed by atoms with E-state index in [1.807, 2.05) is 0 Å². The number of amides is 1. The molecular weight excluding hydrogens is 216 g/mol. The van der Waals surface area contributed by atoms with E-state index in [0.29, 0.717) is 5.69 Å². The molecule has 0 saturated carbocycles. The van der Waals surface area contributed by atoms with Crippen LogP contribution in [0.25, 0.3) is 0 Å². The second-order valence-electron chi connectivity index (χ2n) is 2.87. The Morgan fingerprint density at radius 3 is 2.67 bits per heavy atom. The van der Waals surface area contributed by atoms with Crippen LogP contribution >= 0.6 is 11.9 Å². The van der Waals surface area contributed by atoms with Gasteiger partial charge in [-0.05, 0) is 12.1 Å². The highest BCUT2D eigenvalue weighted by molar-refractivity contribution is 7.97. The number of ether oxygens (including phenoxy) is 1. The second kappa shape index (κ2) is 4.88. The molecule has 1 rings (SSSR count). The molecule has 0 saturated heterocycles. The molecule has 0 spiro atoms. The Labute approximate surface area is 91.9 Å². The molecule has 0 unspecified atom stereocenters. The molecule has 0 fully saturated rings. The van der Waals surface area contributed by atoms with E-state index in [1.54, 1.807) is 23.7 Å². The van der Waals surface area contributed by atoms with Crippen molar-refractivity contribution in [2.75, 3.05) is 7.11 Å². The SMILES string of the molecule is COC(=O)c1ccc(SNC(C)=O)n1C. The minimum atomic E-state index is -0.396. The van der Waals surface area contributed by atoms with E-state index >= 15 is 0 Å². The van der Waals surface area contributed by atoms with Gasteiger partial charge >= 0.3 is 5.97 Å². The summed E-state index contributed by atoms with van der Waals surface area (Å²) in [4.78, 5) is 21.9. The molecule has 1 heterocycles. The average molecular weight is 228 g/mol.